The van der Waals surface area contributed by atoms with Crippen molar-refractivity contribution in [2.75, 3.05) is 13.2 Å². The van der Waals surface area contributed by atoms with Crippen LogP contribution in [0, 0.1) is 11.3 Å². The summed E-state index contributed by atoms with van der Waals surface area (Å²) in [5.74, 6) is 1.37. The number of para-hydroxylation sites is 1. The van der Waals surface area contributed by atoms with Gasteiger partial charge in [-0.25, -0.2) is 0 Å². The minimum absolute atomic E-state index is 0.103. The van der Waals surface area contributed by atoms with Crippen LogP contribution < -0.4 is 14.8 Å². The first-order chi connectivity index (χ1) is 14.2. The average Bonchev–Trinajstić information content (AvgIpc) is 2.93. The summed E-state index contributed by atoms with van der Waals surface area (Å²) < 4.78 is 13.3. The van der Waals surface area contributed by atoms with Crippen LogP contribution in [-0.2, 0) is 11.3 Å². The second kappa shape index (κ2) is 8.27. The number of amides is 1. The molecule has 1 aliphatic rings. The maximum Gasteiger partial charge on any atom is 0.240 e. The molecule has 3 aromatic rings. The lowest BCUT2D eigenvalue weighted by Crippen LogP contribution is -2.31. The monoisotopic (exact) mass is 389 g/mol. The van der Waals surface area contributed by atoms with E-state index >= 15 is 0 Å². The summed E-state index contributed by atoms with van der Waals surface area (Å²) in [7, 11) is 0. The van der Waals surface area contributed by atoms with Gasteiger partial charge in [0.1, 0.15) is 12.6 Å². The van der Waals surface area contributed by atoms with Gasteiger partial charge < -0.3 is 19.4 Å². The van der Waals surface area contributed by atoms with E-state index in [1.165, 1.54) is 0 Å². The molecule has 2 aromatic carbocycles. The number of carbonyl (C=O) groups excluding carboxylic acids is 1. The van der Waals surface area contributed by atoms with E-state index in [9.17, 15) is 10.1 Å². The predicted molar refractivity (Wildman–Crippen MR) is 110 cm³/mol. The summed E-state index contributed by atoms with van der Waals surface area (Å²) in [5.41, 5.74) is 2.44. The van der Waals surface area contributed by atoms with Crippen molar-refractivity contribution in [3.8, 4) is 17.6 Å². The zero-order chi connectivity index (χ0) is 20.2. The van der Waals surface area contributed by atoms with Gasteiger partial charge in [0.05, 0.1) is 24.8 Å². The highest BCUT2D eigenvalue weighted by atomic mass is 16.5. The molecule has 0 saturated heterocycles. The molecule has 0 spiro atoms. The van der Waals surface area contributed by atoms with Gasteiger partial charge in [-0.2, -0.15) is 5.26 Å². The number of nitrogens with one attached hydrogen (secondary N) is 1. The van der Waals surface area contributed by atoms with E-state index in [4.69, 9.17) is 9.47 Å². The van der Waals surface area contributed by atoms with Gasteiger partial charge in [0.2, 0.25) is 5.91 Å². The number of hydrogen-bond donors (Lipinski definition) is 1. The Hall–Kier alpha value is -3.46. The molecule has 0 radical (unpaired) electrons. The van der Waals surface area contributed by atoms with E-state index in [0.717, 1.165) is 40.8 Å². The number of benzene rings is 2. The van der Waals surface area contributed by atoms with Gasteiger partial charge in [-0.3, -0.25) is 4.79 Å². The van der Waals surface area contributed by atoms with Crippen LogP contribution >= 0.6 is 0 Å². The Morgan fingerprint density at radius 1 is 1.21 bits per heavy atom. The molecule has 6 nitrogen and oxygen atoms in total. The number of ether oxygens (including phenoxy) is 2. The van der Waals surface area contributed by atoms with Crippen molar-refractivity contribution in [3.63, 3.8) is 0 Å². The molecule has 0 fully saturated rings. The molecule has 1 aliphatic heterocycles. The highest BCUT2D eigenvalue weighted by molar-refractivity contribution is 5.88. The fourth-order valence-electron chi connectivity index (χ4n) is 3.68. The zero-order valence-electron chi connectivity index (χ0n) is 16.4. The van der Waals surface area contributed by atoms with Crippen LogP contribution in [0.1, 0.15) is 36.9 Å². The first-order valence-electron chi connectivity index (χ1n) is 9.86. The first-order valence-corrected chi connectivity index (χ1v) is 9.86. The summed E-state index contributed by atoms with van der Waals surface area (Å²) in [6, 6.07) is 15.5. The highest BCUT2D eigenvalue weighted by Gasteiger charge is 2.18. The Bertz CT molecular complexity index is 1080. The van der Waals surface area contributed by atoms with Gasteiger partial charge >= 0.3 is 0 Å². The van der Waals surface area contributed by atoms with Crippen LogP contribution in [-0.4, -0.2) is 23.7 Å². The van der Waals surface area contributed by atoms with Crippen molar-refractivity contribution in [2.45, 2.75) is 32.4 Å². The fraction of sp³-hybridized carbons (Fsp3) is 0.304. The second-order valence-corrected chi connectivity index (χ2v) is 7.08. The van der Waals surface area contributed by atoms with Gasteiger partial charge in [-0.1, -0.05) is 31.2 Å². The maximum absolute atomic E-state index is 12.8. The van der Waals surface area contributed by atoms with Crippen LogP contribution in [0.4, 0.5) is 0 Å². The fourth-order valence-corrected chi connectivity index (χ4v) is 3.68. The SMILES string of the molecule is CC[C@@H](NC(=O)Cn1cc(C#N)c2ccccc21)c1ccc2c(c1)OCCCO2. The van der Waals surface area contributed by atoms with Gasteiger partial charge in [0.25, 0.3) is 0 Å². The van der Waals surface area contributed by atoms with Crippen molar-refractivity contribution in [2.24, 2.45) is 0 Å². The lowest BCUT2D eigenvalue weighted by molar-refractivity contribution is -0.122. The zero-order valence-corrected chi connectivity index (χ0v) is 16.4. The van der Waals surface area contributed by atoms with E-state index < -0.39 is 0 Å². The minimum Gasteiger partial charge on any atom is -0.490 e. The van der Waals surface area contributed by atoms with Crippen molar-refractivity contribution in [3.05, 3.63) is 59.8 Å². The van der Waals surface area contributed by atoms with Crippen molar-refractivity contribution >= 4 is 16.8 Å². The molecule has 0 unspecified atom stereocenters. The summed E-state index contributed by atoms with van der Waals surface area (Å²) >= 11 is 0. The van der Waals surface area contributed by atoms with Crippen molar-refractivity contribution in [1.82, 2.24) is 9.88 Å². The molecule has 0 bridgehead atoms. The Kier molecular flexibility index (Phi) is 5.39. The third-order valence-electron chi connectivity index (χ3n) is 5.14. The number of rotatable bonds is 5. The highest BCUT2D eigenvalue weighted by Crippen LogP contribution is 2.33. The third kappa shape index (κ3) is 3.90. The lowest BCUT2D eigenvalue weighted by atomic mass is 10.0. The molecule has 4 rings (SSSR count). The first kappa shape index (κ1) is 18.9. The van der Waals surface area contributed by atoms with E-state index in [2.05, 4.69) is 11.4 Å². The summed E-state index contributed by atoms with van der Waals surface area (Å²) in [4.78, 5) is 12.8. The molecule has 1 amide bonds. The maximum atomic E-state index is 12.8. The van der Waals surface area contributed by atoms with Crippen LogP contribution in [0.15, 0.2) is 48.7 Å². The van der Waals surface area contributed by atoms with Crippen molar-refractivity contribution in [1.29, 1.82) is 5.26 Å². The Labute approximate surface area is 169 Å². The van der Waals surface area contributed by atoms with E-state index in [1.807, 2.05) is 54.0 Å². The van der Waals surface area contributed by atoms with E-state index in [0.29, 0.717) is 18.8 Å². The Morgan fingerprint density at radius 2 is 2.00 bits per heavy atom. The Morgan fingerprint density at radius 3 is 2.79 bits per heavy atom. The van der Waals surface area contributed by atoms with Gasteiger partial charge in [0, 0.05) is 23.5 Å². The second-order valence-electron chi connectivity index (χ2n) is 7.08. The van der Waals surface area contributed by atoms with Gasteiger partial charge in [-0.05, 0) is 30.2 Å². The summed E-state index contributed by atoms with van der Waals surface area (Å²) in [6.07, 6.45) is 3.34. The Balaban J connectivity index is 1.52. The topological polar surface area (TPSA) is 76.3 Å². The summed E-state index contributed by atoms with van der Waals surface area (Å²) in [6.45, 7) is 3.47. The van der Waals surface area contributed by atoms with Crippen LogP contribution in [0.3, 0.4) is 0 Å². The number of fused-ring (bicyclic) bond motifs is 2. The average molecular weight is 389 g/mol. The van der Waals surface area contributed by atoms with Crippen LogP contribution in [0.25, 0.3) is 10.9 Å². The van der Waals surface area contributed by atoms with Gasteiger partial charge in [0.15, 0.2) is 11.5 Å². The van der Waals surface area contributed by atoms with E-state index in [1.54, 1.807) is 6.20 Å². The lowest BCUT2D eigenvalue weighted by Gasteiger charge is -2.19. The molecule has 1 aromatic heterocycles. The minimum atomic E-state index is -0.128. The van der Waals surface area contributed by atoms with Crippen molar-refractivity contribution < 1.29 is 14.3 Å². The molecule has 148 valence electrons. The molecule has 1 N–H and O–H groups in total. The standard InChI is InChI=1S/C23H23N3O3/c1-2-19(16-8-9-21-22(12-16)29-11-5-10-28-21)25-23(27)15-26-14-17(13-24)18-6-3-4-7-20(18)26/h3-4,6-9,12,14,19H,2,5,10-11,15H2,1H3,(H,25,27)/t19-/m1/s1. The van der Waals surface area contributed by atoms with Crippen LogP contribution in [0.2, 0.25) is 0 Å². The normalized spacial score (nSPS) is 14.1. The smallest absolute Gasteiger partial charge is 0.240 e. The number of nitrogens with zero attached hydrogens (tertiary/aromatic N) is 2. The van der Waals surface area contributed by atoms with Gasteiger partial charge in [-0.15, -0.1) is 0 Å². The summed E-state index contributed by atoms with van der Waals surface area (Å²) in [5, 5.41) is 13.3. The molecule has 1 atom stereocenters. The van der Waals surface area contributed by atoms with Crippen LogP contribution in [0.5, 0.6) is 11.5 Å². The number of nitriles is 1. The number of hydrogen-bond acceptors (Lipinski definition) is 4. The van der Waals surface area contributed by atoms with E-state index in [-0.39, 0.29) is 18.5 Å². The molecule has 0 aliphatic carbocycles. The largest absolute Gasteiger partial charge is 0.490 e. The molecule has 2 heterocycles. The molecule has 0 saturated carbocycles. The molecule has 29 heavy (non-hydrogen) atoms. The quantitative estimate of drug-likeness (QED) is 0.717. The third-order valence-corrected chi connectivity index (χ3v) is 5.14. The molecular weight excluding hydrogens is 366 g/mol. The molecular formula is C23H23N3O3. The predicted octanol–water partition coefficient (Wildman–Crippen LogP) is 3.94. The number of carbonyl (C=O) groups is 1. The molecule has 6 heteroatoms. The number of aromatic nitrogens is 1.